The Morgan fingerprint density at radius 2 is 1.91 bits per heavy atom. The fraction of sp³-hybridized carbons (Fsp3) is 0.385. The average Bonchev–Trinajstić information content (AvgIpc) is 2.81. The molecule has 2 aromatic rings. The Bertz CT molecular complexity index is 1010. The van der Waals surface area contributed by atoms with Gasteiger partial charge in [0, 0.05) is 29.6 Å². The zero-order valence-electron chi connectivity index (χ0n) is 18.8. The van der Waals surface area contributed by atoms with Gasteiger partial charge in [-0.1, -0.05) is 60.9 Å². The quantitative estimate of drug-likeness (QED) is 0.604. The van der Waals surface area contributed by atoms with E-state index in [4.69, 9.17) is 0 Å². The van der Waals surface area contributed by atoms with Crippen molar-refractivity contribution in [2.75, 3.05) is 25.5 Å². The Kier molecular flexibility index (Phi) is 7.33. The van der Waals surface area contributed by atoms with Crippen molar-refractivity contribution in [2.45, 2.75) is 50.0 Å². The molecule has 2 amide bonds. The predicted octanol–water partition coefficient (Wildman–Crippen LogP) is 5.07. The van der Waals surface area contributed by atoms with E-state index in [0.29, 0.717) is 28.7 Å². The summed E-state index contributed by atoms with van der Waals surface area (Å²) in [6, 6.07) is 14.2. The second-order valence-electron chi connectivity index (χ2n) is 8.71. The third kappa shape index (κ3) is 5.61. The van der Waals surface area contributed by atoms with Gasteiger partial charge in [-0.15, -0.1) is 0 Å². The lowest BCUT2D eigenvalue weighted by molar-refractivity contribution is -0.112. The van der Waals surface area contributed by atoms with Crippen molar-refractivity contribution < 1.29 is 9.59 Å². The minimum Gasteiger partial charge on any atom is -0.351 e. The molecule has 1 saturated carbocycles. The maximum Gasteiger partial charge on any atom is 0.262 e. The summed E-state index contributed by atoms with van der Waals surface area (Å²) in [6.45, 7) is 3.51. The smallest absolute Gasteiger partial charge is 0.262 e. The number of nitrogens with zero attached hydrogens (tertiary/aromatic N) is 1. The maximum atomic E-state index is 12.6. The van der Waals surface area contributed by atoms with Crippen LogP contribution in [0.15, 0.2) is 52.3 Å². The molecule has 2 aromatic carbocycles. The number of hydrogen-bond donors (Lipinski definition) is 2. The summed E-state index contributed by atoms with van der Waals surface area (Å²) in [7, 11) is 2.15. The van der Waals surface area contributed by atoms with E-state index in [1.807, 2.05) is 49.4 Å². The molecular weight excluding hydrogens is 418 g/mol. The van der Waals surface area contributed by atoms with E-state index in [9.17, 15) is 9.59 Å². The summed E-state index contributed by atoms with van der Waals surface area (Å²) >= 11 is 1.43. The van der Waals surface area contributed by atoms with E-state index in [-0.39, 0.29) is 11.8 Å². The number of amides is 2. The zero-order chi connectivity index (χ0) is 22.5. The third-order valence-electron chi connectivity index (χ3n) is 6.26. The predicted molar refractivity (Wildman–Crippen MR) is 132 cm³/mol. The van der Waals surface area contributed by atoms with Crippen LogP contribution in [0.3, 0.4) is 0 Å². The van der Waals surface area contributed by atoms with E-state index in [0.717, 1.165) is 17.0 Å². The minimum absolute atomic E-state index is 0.106. The van der Waals surface area contributed by atoms with E-state index in [2.05, 4.69) is 22.6 Å². The van der Waals surface area contributed by atoms with Crippen LogP contribution in [-0.2, 0) is 4.79 Å². The van der Waals surface area contributed by atoms with Gasteiger partial charge in [0.05, 0.1) is 10.6 Å². The fourth-order valence-corrected chi connectivity index (χ4v) is 5.20. The van der Waals surface area contributed by atoms with Gasteiger partial charge in [0.2, 0.25) is 0 Å². The van der Waals surface area contributed by atoms with Gasteiger partial charge in [0.1, 0.15) is 0 Å². The molecule has 0 radical (unpaired) electrons. The number of fused-ring (bicyclic) bond motifs is 1. The van der Waals surface area contributed by atoms with Gasteiger partial charge in [0.25, 0.3) is 11.8 Å². The van der Waals surface area contributed by atoms with Crippen LogP contribution in [-0.4, -0.2) is 42.9 Å². The van der Waals surface area contributed by atoms with Gasteiger partial charge in [-0.25, -0.2) is 0 Å². The largest absolute Gasteiger partial charge is 0.351 e. The first-order chi connectivity index (χ1) is 15.5. The standard InChI is InChI=1S/C26H31N3O2S/c1-18-8-10-19(11-9-18)16-24-26(31)28-22-17-20(12-13-23(22)32-24)25(30)27-14-15-29(2)21-6-4-3-5-7-21/h8-13,16-17,21H,3-7,14-15H2,1-2H3,(H,27,30)(H,28,31). The third-order valence-corrected chi connectivity index (χ3v) is 7.36. The number of thioether (sulfide) groups is 1. The molecule has 0 bridgehead atoms. The Balaban J connectivity index is 1.35. The molecule has 0 saturated heterocycles. The van der Waals surface area contributed by atoms with Crippen LogP contribution in [0.4, 0.5) is 5.69 Å². The molecule has 1 aliphatic heterocycles. The average molecular weight is 450 g/mol. The molecule has 0 unspecified atom stereocenters. The summed E-state index contributed by atoms with van der Waals surface area (Å²) in [6.07, 6.45) is 8.37. The number of carbonyl (C=O) groups is 2. The Morgan fingerprint density at radius 1 is 1.16 bits per heavy atom. The molecule has 1 aliphatic carbocycles. The van der Waals surface area contributed by atoms with Crippen molar-refractivity contribution in [3.63, 3.8) is 0 Å². The van der Waals surface area contributed by atoms with Crippen molar-refractivity contribution in [1.82, 2.24) is 10.2 Å². The summed E-state index contributed by atoms with van der Waals surface area (Å²) in [4.78, 5) is 29.2. The van der Waals surface area contributed by atoms with Crippen molar-refractivity contribution in [2.24, 2.45) is 0 Å². The molecule has 1 heterocycles. The molecular formula is C26H31N3O2S. The van der Waals surface area contributed by atoms with Crippen LogP contribution in [0.5, 0.6) is 0 Å². The zero-order valence-corrected chi connectivity index (χ0v) is 19.6. The molecule has 4 rings (SSSR count). The van der Waals surface area contributed by atoms with Crippen LogP contribution in [0.25, 0.3) is 6.08 Å². The number of benzene rings is 2. The van der Waals surface area contributed by atoms with E-state index < -0.39 is 0 Å². The monoisotopic (exact) mass is 449 g/mol. The minimum atomic E-state index is -0.144. The summed E-state index contributed by atoms with van der Waals surface area (Å²) in [5.41, 5.74) is 3.43. The second-order valence-corrected chi connectivity index (χ2v) is 9.80. The van der Waals surface area contributed by atoms with Gasteiger partial charge in [-0.05, 0) is 56.7 Å². The maximum absolute atomic E-state index is 12.6. The number of carbonyl (C=O) groups excluding carboxylic acids is 2. The topological polar surface area (TPSA) is 61.4 Å². The lowest BCUT2D eigenvalue weighted by Crippen LogP contribution is -2.39. The number of likely N-dealkylation sites (N-methyl/N-ethyl adjacent to an activating group) is 1. The molecule has 2 N–H and O–H groups in total. The molecule has 168 valence electrons. The number of rotatable bonds is 6. The highest BCUT2D eigenvalue weighted by Gasteiger charge is 2.22. The lowest BCUT2D eigenvalue weighted by atomic mass is 9.94. The van der Waals surface area contributed by atoms with Crippen molar-refractivity contribution in [3.8, 4) is 0 Å². The molecule has 0 atom stereocenters. The highest BCUT2D eigenvalue weighted by molar-refractivity contribution is 8.04. The molecule has 2 aliphatic rings. The molecule has 1 fully saturated rings. The Hall–Kier alpha value is -2.57. The normalized spacial score (nSPS) is 17.8. The fourth-order valence-electron chi connectivity index (χ4n) is 4.27. The van der Waals surface area contributed by atoms with Crippen LogP contribution >= 0.6 is 11.8 Å². The molecule has 0 spiro atoms. The van der Waals surface area contributed by atoms with Crippen LogP contribution in [0, 0.1) is 6.92 Å². The second kappa shape index (κ2) is 10.4. The van der Waals surface area contributed by atoms with Gasteiger partial charge in [-0.2, -0.15) is 0 Å². The molecule has 0 aromatic heterocycles. The first kappa shape index (κ1) is 22.6. The Labute approximate surface area is 194 Å². The molecule has 32 heavy (non-hydrogen) atoms. The van der Waals surface area contributed by atoms with Crippen LogP contribution in [0.1, 0.15) is 53.6 Å². The highest BCUT2D eigenvalue weighted by atomic mass is 32.2. The number of hydrogen-bond acceptors (Lipinski definition) is 4. The highest BCUT2D eigenvalue weighted by Crippen LogP contribution is 2.39. The van der Waals surface area contributed by atoms with Crippen LogP contribution < -0.4 is 10.6 Å². The summed E-state index contributed by atoms with van der Waals surface area (Å²) < 4.78 is 0. The number of aryl methyl sites for hydroxylation is 1. The SMILES string of the molecule is Cc1ccc(C=C2Sc3ccc(C(=O)NCCN(C)C4CCCCC4)cc3NC2=O)cc1. The van der Waals surface area contributed by atoms with Crippen molar-refractivity contribution in [1.29, 1.82) is 0 Å². The van der Waals surface area contributed by atoms with Gasteiger partial charge in [-0.3, -0.25) is 9.59 Å². The van der Waals surface area contributed by atoms with Crippen molar-refractivity contribution >= 4 is 35.3 Å². The summed E-state index contributed by atoms with van der Waals surface area (Å²) in [5, 5.41) is 5.96. The molecule has 6 heteroatoms. The first-order valence-corrected chi connectivity index (χ1v) is 12.2. The van der Waals surface area contributed by atoms with Crippen molar-refractivity contribution in [3.05, 3.63) is 64.1 Å². The van der Waals surface area contributed by atoms with Gasteiger partial charge >= 0.3 is 0 Å². The van der Waals surface area contributed by atoms with E-state index in [1.165, 1.54) is 49.4 Å². The number of anilines is 1. The van der Waals surface area contributed by atoms with Gasteiger partial charge in [0.15, 0.2) is 0 Å². The van der Waals surface area contributed by atoms with Crippen LogP contribution in [0.2, 0.25) is 0 Å². The first-order valence-electron chi connectivity index (χ1n) is 11.4. The number of nitrogens with one attached hydrogen (secondary N) is 2. The molecule has 5 nitrogen and oxygen atoms in total. The lowest BCUT2D eigenvalue weighted by Gasteiger charge is -2.31. The summed E-state index contributed by atoms with van der Waals surface area (Å²) in [5.74, 6) is -0.250. The van der Waals surface area contributed by atoms with E-state index >= 15 is 0 Å². The van der Waals surface area contributed by atoms with E-state index in [1.54, 1.807) is 6.07 Å². The van der Waals surface area contributed by atoms with Gasteiger partial charge < -0.3 is 15.5 Å². The Morgan fingerprint density at radius 3 is 2.66 bits per heavy atom.